The van der Waals surface area contributed by atoms with Gasteiger partial charge in [-0.3, -0.25) is 9.59 Å². The number of amides is 2. The Morgan fingerprint density at radius 2 is 1.78 bits per heavy atom. The van der Waals surface area contributed by atoms with Gasteiger partial charge in [0.1, 0.15) is 6.10 Å². The van der Waals surface area contributed by atoms with Crippen LogP contribution in [-0.2, 0) is 14.3 Å². The molecule has 2 aliphatic rings. The van der Waals surface area contributed by atoms with Gasteiger partial charge in [-0.05, 0) is 38.5 Å². The van der Waals surface area contributed by atoms with Gasteiger partial charge >= 0.3 is 0 Å². The number of nitrogens with zero attached hydrogens (tertiary/aromatic N) is 1. The van der Waals surface area contributed by atoms with Crippen molar-refractivity contribution in [1.29, 1.82) is 0 Å². The van der Waals surface area contributed by atoms with Crippen molar-refractivity contribution in [3.63, 3.8) is 0 Å². The predicted molar refractivity (Wildman–Crippen MR) is 90.1 cm³/mol. The Hall–Kier alpha value is -1.10. The fourth-order valence-corrected chi connectivity index (χ4v) is 3.54. The van der Waals surface area contributed by atoms with Crippen LogP contribution in [0.25, 0.3) is 0 Å². The third-order valence-electron chi connectivity index (χ3n) is 4.98. The summed E-state index contributed by atoms with van der Waals surface area (Å²) in [5.74, 6) is 0.269. The molecule has 0 aromatic heterocycles. The number of rotatable bonds is 7. The molecule has 2 rings (SSSR count). The predicted octanol–water partition coefficient (Wildman–Crippen LogP) is 2.63. The van der Waals surface area contributed by atoms with Crippen LogP contribution in [0.1, 0.15) is 71.6 Å². The minimum Gasteiger partial charge on any atom is -0.365 e. The van der Waals surface area contributed by atoms with Crippen LogP contribution in [0.5, 0.6) is 0 Å². The Labute approximate surface area is 140 Å². The fourth-order valence-electron chi connectivity index (χ4n) is 3.54. The number of ether oxygens (including phenoxy) is 1. The zero-order valence-electron chi connectivity index (χ0n) is 14.7. The Morgan fingerprint density at radius 1 is 1.13 bits per heavy atom. The molecule has 0 aromatic carbocycles. The highest BCUT2D eigenvalue weighted by molar-refractivity contribution is 5.81. The van der Waals surface area contributed by atoms with Gasteiger partial charge in [-0.25, -0.2) is 0 Å². The van der Waals surface area contributed by atoms with Crippen LogP contribution >= 0.6 is 0 Å². The summed E-state index contributed by atoms with van der Waals surface area (Å²) >= 11 is 0. The van der Waals surface area contributed by atoms with E-state index in [2.05, 4.69) is 5.32 Å². The molecule has 1 saturated heterocycles. The number of likely N-dealkylation sites (tertiary alicyclic amines) is 1. The van der Waals surface area contributed by atoms with Crippen molar-refractivity contribution in [2.24, 2.45) is 0 Å². The summed E-state index contributed by atoms with van der Waals surface area (Å²) in [5, 5.41) is 3.13. The molecule has 1 aliphatic heterocycles. The van der Waals surface area contributed by atoms with Gasteiger partial charge in [0.25, 0.3) is 0 Å². The molecule has 5 nitrogen and oxygen atoms in total. The summed E-state index contributed by atoms with van der Waals surface area (Å²) in [7, 11) is 0. The first-order chi connectivity index (χ1) is 11.1. The van der Waals surface area contributed by atoms with Gasteiger partial charge in [-0.15, -0.1) is 0 Å². The van der Waals surface area contributed by atoms with E-state index in [9.17, 15) is 9.59 Å². The number of nitrogens with one attached hydrogen (secondary N) is 1. The van der Waals surface area contributed by atoms with E-state index >= 15 is 0 Å². The molecule has 2 fully saturated rings. The van der Waals surface area contributed by atoms with Gasteiger partial charge in [0.05, 0.1) is 6.10 Å². The molecule has 132 valence electrons. The average Bonchev–Trinajstić information content (AvgIpc) is 3.06. The lowest BCUT2D eigenvalue weighted by Gasteiger charge is -2.33. The van der Waals surface area contributed by atoms with E-state index in [4.69, 9.17) is 4.74 Å². The number of hydrogen-bond acceptors (Lipinski definition) is 3. The quantitative estimate of drug-likeness (QED) is 0.783. The van der Waals surface area contributed by atoms with Crippen molar-refractivity contribution in [2.75, 3.05) is 13.1 Å². The third kappa shape index (κ3) is 5.48. The number of carbonyl (C=O) groups is 2. The number of hydrogen-bond donors (Lipinski definition) is 1. The van der Waals surface area contributed by atoms with E-state index in [-0.39, 0.29) is 30.1 Å². The molecule has 2 amide bonds. The van der Waals surface area contributed by atoms with Crippen molar-refractivity contribution in [1.82, 2.24) is 10.2 Å². The molecule has 1 saturated carbocycles. The maximum atomic E-state index is 12.4. The minimum atomic E-state index is -0.321. The van der Waals surface area contributed by atoms with Crippen molar-refractivity contribution >= 4 is 11.8 Å². The van der Waals surface area contributed by atoms with E-state index < -0.39 is 0 Å². The van der Waals surface area contributed by atoms with Gasteiger partial charge in [0, 0.05) is 25.6 Å². The second-order valence-electron chi connectivity index (χ2n) is 6.85. The lowest BCUT2D eigenvalue weighted by atomic mass is 10.0. The molecule has 23 heavy (non-hydrogen) atoms. The maximum absolute atomic E-state index is 12.4. The van der Waals surface area contributed by atoms with Gasteiger partial charge in [-0.1, -0.05) is 26.7 Å². The average molecular weight is 324 g/mol. The molecule has 1 atom stereocenters. The molecule has 1 heterocycles. The topological polar surface area (TPSA) is 58.6 Å². The van der Waals surface area contributed by atoms with Crippen LogP contribution in [-0.4, -0.2) is 48.1 Å². The van der Waals surface area contributed by atoms with Crippen molar-refractivity contribution in [3.8, 4) is 0 Å². The molecule has 0 aromatic rings. The second-order valence-corrected chi connectivity index (χ2v) is 6.85. The SMILES string of the molecule is CCCC(=O)N1CCC(NC(=O)C(CC)OC2CCCC2)CC1. The van der Waals surface area contributed by atoms with Gasteiger partial charge in [-0.2, -0.15) is 0 Å². The van der Waals surface area contributed by atoms with Gasteiger partial charge < -0.3 is 15.0 Å². The van der Waals surface area contributed by atoms with Crippen LogP contribution in [0, 0.1) is 0 Å². The highest BCUT2D eigenvalue weighted by Gasteiger charge is 2.28. The zero-order valence-corrected chi connectivity index (χ0v) is 14.7. The van der Waals surface area contributed by atoms with Crippen molar-refractivity contribution in [3.05, 3.63) is 0 Å². The first-order valence-electron chi connectivity index (χ1n) is 9.37. The van der Waals surface area contributed by atoms with Crippen molar-refractivity contribution in [2.45, 2.75) is 89.9 Å². The highest BCUT2D eigenvalue weighted by Crippen LogP contribution is 2.23. The lowest BCUT2D eigenvalue weighted by molar-refractivity contribution is -0.138. The van der Waals surface area contributed by atoms with Crippen LogP contribution < -0.4 is 5.32 Å². The Morgan fingerprint density at radius 3 is 2.35 bits per heavy atom. The lowest BCUT2D eigenvalue weighted by Crippen LogP contribution is -2.49. The fraction of sp³-hybridized carbons (Fsp3) is 0.889. The molecule has 1 aliphatic carbocycles. The second kappa shape index (κ2) is 9.26. The summed E-state index contributed by atoms with van der Waals surface area (Å²) in [6.45, 7) is 5.54. The van der Waals surface area contributed by atoms with E-state index in [0.717, 1.165) is 51.6 Å². The molecular formula is C18H32N2O3. The summed E-state index contributed by atoms with van der Waals surface area (Å²) in [6, 6.07) is 0.175. The molecule has 5 heteroatoms. The first-order valence-corrected chi connectivity index (χ1v) is 9.37. The van der Waals surface area contributed by atoms with E-state index in [0.29, 0.717) is 6.42 Å². The summed E-state index contributed by atoms with van der Waals surface area (Å²) in [4.78, 5) is 26.3. The largest absolute Gasteiger partial charge is 0.365 e. The van der Waals surface area contributed by atoms with Crippen molar-refractivity contribution < 1.29 is 14.3 Å². The summed E-state index contributed by atoms with van der Waals surface area (Å²) < 4.78 is 5.98. The Balaban J connectivity index is 1.73. The highest BCUT2D eigenvalue weighted by atomic mass is 16.5. The molecule has 0 bridgehead atoms. The normalized spacial score (nSPS) is 21.4. The Bertz CT molecular complexity index is 386. The molecule has 1 unspecified atom stereocenters. The number of piperidine rings is 1. The standard InChI is InChI=1S/C18H32N2O3/c1-3-7-17(21)20-12-10-14(11-13-20)19-18(22)16(4-2)23-15-8-5-6-9-15/h14-16H,3-13H2,1-2H3,(H,19,22). The first kappa shape index (κ1) is 18.2. The van der Waals surface area contributed by atoms with Gasteiger partial charge in [0.15, 0.2) is 0 Å². The van der Waals surface area contributed by atoms with Crippen LogP contribution in [0.4, 0.5) is 0 Å². The van der Waals surface area contributed by atoms with E-state index in [1.54, 1.807) is 0 Å². The summed E-state index contributed by atoms with van der Waals surface area (Å²) in [6.07, 6.45) is 8.48. The Kier molecular flexibility index (Phi) is 7.34. The van der Waals surface area contributed by atoms with Crippen LogP contribution in [0.3, 0.4) is 0 Å². The van der Waals surface area contributed by atoms with E-state index in [1.165, 1.54) is 12.8 Å². The van der Waals surface area contributed by atoms with Crippen LogP contribution in [0.2, 0.25) is 0 Å². The van der Waals surface area contributed by atoms with Gasteiger partial charge in [0.2, 0.25) is 11.8 Å². The summed E-state index contributed by atoms with van der Waals surface area (Å²) in [5.41, 5.74) is 0. The molecule has 0 radical (unpaired) electrons. The minimum absolute atomic E-state index is 0.0257. The smallest absolute Gasteiger partial charge is 0.249 e. The zero-order chi connectivity index (χ0) is 16.7. The molecular weight excluding hydrogens is 292 g/mol. The third-order valence-corrected chi connectivity index (χ3v) is 4.98. The molecule has 1 N–H and O–H groups in total. The maximum Gasteiger partial charge on any atom is 0.249 e. The number of carbonyl (C=O) groups excluding carboxylic acids is 2. The van der Waals surface area contributed by atoms with E-state index in [1.807, 2.05) is 18.7 Å². The van der Waals surface area contributed by atoms with Crippen LogP contribution in [0.15, 0.2) is 0 Å². The monoisotopic (exact) mass is 324 g/mol. The molecule has 0 spiro atoms.